The molecule has 0 fully saturated rings. The largest absolute Gasteiger partial charge is 0.491 e. The highest BCUT2D eigenvalue weighted by Gasteiger charge is 2.30. The van der Waals surface area contributed by atoms with E-state index in [1.807, 2.05) is 0 Å². The number of alkyl halides is 3. The van der Waals surface area contributed by atoms with E-state index >= 15 is 0 Å². The zero-order chi connectivity index (χ0) is 14.9. The highest BCUT2D eigenvalue weighted by Crippen LogP contribution is 2.29. The summed E-state index contributed by atoms with van der Waals surface area (Å²) in [5.41, 5.74) is -1.53. The molecule has 0 aliphatic carbocycles. The summed E-state index contributed by atoms with van der Waals surface area (Å²) in [7, 11) is 1.26. The van der Waals surface area contributed by atoms with E-state index in [0.717, 1.165) is 12.1 Å². The summed E-state index contributed by atoms with van der Waals surface area (Å²) in [6.45, 7) is 0.124. The molecule has 106 valence electrons. The van der Waals surface area contributed by atoms with Gasteiger partial charge in [0, 0.05) is 6.54 Å². The normalized spacial score (nSPS) is 11.6. The van der Waals surface area contributed by atoms with Crippen LogP contribution >= 0.6 is 0 Å². The number of hydrogen-bond donors (Lipinski definition) is 1. The Kier molecular flexibility index (Phi) is 3.52. The summed E-state index contributed by atoms with van der Waals surface area (Å²) < 4.78 is 41.8. The number of hydrogen-bond acceptors (Lipinski definition) is 4. The standard InChI is InChI=1S/C13H10F3NO3/c1-20-12-9(10(18)11(12)19)17-6-7-2-4-8(5-3-7)13(14,15)16/h2-5,17H,6H2,1H3. The predicted molar refractivity (Wildman–Crippen MR) is 66.7 cm³/mol. The Hall–Kier alpha value is -2.31. The lowest BCUT2D eigenvalue weighted by atomic mass is 10.1. The van der Waals surface area contributed by atoms with Crippen LogP contribution in [0.5, 0.6) is 5.75 Å². The van der Waals surface area contributed by atoms with Gasteiger partial charge in [0.2, 0.25) is 0 Å². The van der Waals surface area contributed by atoms with Crippen molar-refractivity contribution in [3.8, 4) is 5.75 Å². The van der Waals surface area contributed by atoms with E-state index in [0.29, 0.717) is 5.56 Å². The lowest BCUT2D eigenvalue weighted by molar-refractivity contribution is -0.137. The number of halogens is 3. The first kappa shape index (κ1) is 14.1. The zero-order valence-corrected chi connectivity index (χ0v) is 10.4. The minimum atomic E-state index is -4.38. The van der Waals surface area contributed by atoms with Crippen LogP contribution in [0.2, 0.25) is 0 Å². The number of benzene rings is 1. The molecule has 4 nitrogen and oxygen atoms in total. The van der Waals surface area contributed by atoms with Gasteiger partial charge in [0.05, 0.1) is 12.7 Å². The molecule has 0 unspecified atom stereocenters. The van der Waals surface area contributed by atoms with Crippen LogP contribution in [0.15, 0.2) is 33.9 Å². The third-order valence-electron chi connectivity index (χ3n) is 2.82. The Morgan fingerprint density at radius 3 is 2.20 bits per heavy atom. The molecule has 0 aliphatic heterocycles. The Morgan fingerprint density at radius 1 is 1.10 bits per heavy atom. The molecule has 0 amide bonds. The first-order chi connectivity index (χ1) is 9.34. The first-order valence-corrected chi connectivity index (χ1v) is 5.62. The lowest BCUT2D eigenvalue weighted by Crippen LogP contribution is -2.35. The lowest BCUT2D eigenvalue weighted by Gasteiger charge is -2.12. The molecule has 0 spiro atoms. The molecular formula is C13H10F3NO3. The fraction of sp³-hybridized carbons (Fsp3) is 0.231. The van der Waals surface area contributed by atoms with Gasteiger partial charge < -0.3 is 10.1 Å². The molecule has 7 heteroatoms. The third kappa shape index (κ3) is 2.52. The van der Waals surface area contributed by atoms with Crippen LogP contribution in [0.25, 0.3) is 0 Å². The molecule has 20 heavy (non-hydrogen) atoms. The molecule has 0 aliphatic rings. The highest BCUT2D eigenvalue weighted by molar-refractivity contribution is 5.61. The van der Waals surface area contributed by atoms with Crippen LogP contribution in [-0.4, -0.2) is 7.11 Å². The van der Waals surface area contributed by atoms with Gasteiger partial charge in [0.25, 0.3) is 10.9 Å². The van der Waals surface area contributed by atoms with Gasteiger partial charge >= 0.3 is 6.18 Å². The Balaban J connectivity index is 2.07. The fourth-order valence-corrected chi connectivity index (χ4v) is 1.73. The van der Waals surface area contributed by atoms with Crippen LogP contribution in [-0.2, 0) is 12.7 Å². The van der Waals surface area contributed by atoms with Gasteiger partial charge in [0.15, 0.2) is 5.75 Å². The zero-order valence-electron chi connectivity index (χ0n) is 10.4. The summed E-state index contributed by atoms with van der Waals surface area (Å²) in [5, 5.41) is 2.68. The topological polar surface area (TPSA) is 55.4 Å². The van der Waals surface area contributed by atoms with E-state index in [2.05, 4.69) is 5.32 Å². The van der Waals surface area contributed by atoms with Gasteiger partial charge in [-0.1, -0.05) is 12.1 Å². The number of nitrogens with one attached hydrogen (secondary N) is 1. The molecule has 0 saturated heterocycles. The van der Waals surface area contributed by atoms with Gasteiger partial charge in [-0.15, -0.1) is 0 Å². The van der Waals surface area contributed by atoms with Crippen LogP contribution < -0.4 is 20.9 Å². The smallest absolute Gasteiger partial charge is 0.416 e. The van der Waals surface area contributed by atoms with Crippen molar-refractivity contribution in [3.05, 3.63) is 55.8 Å². The molecule has 0 radical (unpaired) electrons. The maximum Gasteiger partial charge on any atom is 0.416 e. The highest BCUT2D eigenvalue weighted by atomic mass is 19.4. The summed E-state index contributed by atoms with van der Waals surface area (Å²) in [6, 6.07) is 4.51. The molecule has 0 aromatic heterocycles. The molecule has 0 saturated carbocycles. The van der Waals surface area contributed by atoms with Gasteiger partial charge in [-0.2, -0.15) is 13.2 Å². The van der Waals surface area contributed by atoms with E-state index < -0.39 is 22.6 Å². The first-order valence-electron chi connectivity index (χ1n) is 5.62. The van der Waals surface area contributed by atoms with E-state index in [1.165, 1.54) is 19.2 Å². The van der Waals surface area contributed by atoms with Crippen molar-refractivity contribution in [2.24, 2.45) is 0 Å². The van der Waals surface area contributed by atoms with Crippen molar-refractivity contribution in [1.29, 1.82) is 0 Å². The summed E-state index contributed by atoms with van der Waals surface area (Å²) in [5.74, 6) is -0.0538. The average molecular weight is 285 g/mol. The molecular weight excluding hydrogens is 275 g/mol. The van der Waals surface area contributed by atoms with Gasteiger partial charge in [-0.3, -0.25) is 9.59 Å². The van der Waals surface area contributed by atoms with Gasteiger partial charge in [-0.25, -0.2) is 0 Å². The van der Waals surface area contributed by atoms with E-state index in [9.17, 15) is 22.8 Å². The second-order valence-electron chi connectivity index (χ2n) is 4.11. The average Bonchev–Trinajstić information content (AvgIpc) is 2.41. The summed E-state index contributed by atoms with van der Waals surface area (Å²) in [4.78, 5) is 22.3. The van der Waals surface area contributed by atoms with Crippen LogP contribution in [0.1, 0.15) is 11.1 Å². The molecule has 0 heterocycles. The van der Waals surface area contributed by atoms with E-state index in [-0.39, 0.29) is 18.0 Å². The Morgan fingerprint density at radius 2 is 1.70 bits per heavy atom. The number of rotatable bonds is 4. The van der Waals surface area contributed by atoms with Gasteiger partial charge in [-0.05, 0) is 17.7 Å². The third-order valence-corrected chi connectivity index (χ3v) is 2.82. The number of ether oxygens (including phenoxy) is 1. The fourth-order valence-electron chi connectivity index (χ4n) is 1.73. The quantitative estimate of drug-likeness (QED) is 0.872. The van der Waals surface area contributed by atoms with Crippen molar-refractivity contribution in [2.75, 3.05) is 12.4 Å². The van der Waals surface area contributed by atoms with Crippen LogP contribution in [0, 0.1) is 0 Å². The monoisotopic (exact) mass is 285 g/mol. The summed E-state index contributed by atoms with van der Waals surface area (Å²) in [6.07, 6.45) is -4.38. The molecule has 1 N–H and O–H groups in total. The Labute approximate surface area is 111 Å². The van der Waals surface area contributed by atoms with E-state index in [4.69, 9.17) is 4.74 Å². The second kappa shape index (κ2) is 4.99. The molecule has 2 rings (SSSR count). The predicted octanol–water partition coefficient (Wildman–Crippen LogP) is 1.92. The minimum Gasteiger partial charge on any atom is -0.491 e. The summed E-state index contributed by atoms with van der Waals surface area (Å²) >= 11 is 0. The van der Waals surface area contributed by atoms with Crippen LogP contribution in [0.4, 0.5) is 18.9 Å². The van der Waals surface area contributed by atoms with Crippen LogP contribution in [0.3, 0.4) is 0 Å². The number of anilines is 1. The maximum atomic E-state index is 12.4. The van der Waals surface area contributed by atoms with Crippen molar-refractivity contribution in [1.82, 2.24) is 0 Å². The molecule has 0 bridgehead atoms. The molecule has 0 atom stereocenters. The minimum absolute atomic E-state index is 0.0531. The molecule has 2 aromatic rings. The number of methoxy groups -OCH3 is 1. The van der Waals surface area contributed by atoms with E-state index in [1.54, 1.807) is 0 Å². The molecule has 2 aromatic carbocycles. The second-order valence-corrected chi connectivity index (χ2v) is 4.11. The van der Waals surface area contributed by atoms with Gasteiger partial charge in [0.1, 0.15) is 5.69 Å². The van der Waals surface area contributed by atoms with Crippen molar-refractivity contribution in [2.45, 2.75) is 12.7 Å². The van der Waals surface area contributed by atoms with Crippen molar-refractivity contribution in [3.63, 3.8) is 0 Å². The van der Waals surface area contributed by atoms with Crippen molar-refractivity contribution < 1.29 is 17.9 Å². The maximum absolute atomic E-state index is 12.4. The van der Waals surface area contributed by atoms with Crippen molar-refractivity contribution >= 4 is 5.69 Å². The SMILES string of the molecule is COc1c(NCc2ccc(C(F)(F)F)cc2)c(=O)c1=O. The Bertz CT molecular complexity index is 682.